The zero-order valence-electron chi connectivity index (χ0n) is 18.8. The van der Waals surface area contributed by atoms with Gasteiger partial charge in [0.2, 0.25) is 0 Å². The van der Waals surface area contributed by atoms with Crippen LogP contribution in [-0.4, -0.2) is 70.7 Å². The maximum absolute atomic E-state index is 13.0. The number of nitrogens with one attached hydrogen (secondary N) is 1. The van der Waals surface area contributed by atoms with Crippen molar-refractivity contribution in [2.24, 2.45) is 11.8 Å². The lowest BCUT2D eigenvalue weighted by molar-refractivity contribution is -0.134. The Morgan fingerprint density at radius 1 is 0.971 bits per heavy atom. The largest absolute Gasteiger partial charge is 0.478 e. The molecule has 0 bridgehead atoms. The number of rotatable bonds is 4. The molecular weight excluding hydrogens is 436 g/mol. The van der Waals surface area contributed by atoms with Crippen molar-refractivity contribution in [2.45, 2.75) is 13.0 Å². The number of pyridine rings is 1. The van der Waals surface area contributed by atoms with E-state index in [1.54, 1.807) is 6.20 Å². The molecule has 1 amide bonds. The summed E-state index contributed by atoms with van der Waals surface area (Å²) in [5.41, 5.74) is 4.41. The average molecular weight is 465 g/mol. The van der Waals surface area contributed by atoms with Gasteiger partial charge in [0.1, 0.15) is 0 Å². The SMILES string of the molecule is O=C(O)/C=C/C(=O)O.O=C(c1cncc(N2C[C@H]3CNC[C@H]3C2)c1)N1CCc2ccccc2C1. The number of hydrogen-bond donors (Lipinski definition) is 3. The number of hydrogen-bond acceptors (Lipinski definition) is 6. The van der Waals surface area contributed by atoms with E-state index in [0.717, 1.165) is 56.7 Å². The summed E-state index contributed by atoms with van der Waals surface area (Å²) in [7, 11) is 0. The molecule has 0 saturated carbocycles. The normalized spacial score (nSPS) is 20.9. The molecule has 2 fully saturated rings. The van der Waals surface area contributed by atoms with Crippen LogP contribution in [0.1, 0.15) is 21.5 Å². The standard InChI is InChI=1S/C21H24N4O.C4H4O4/c26-21(24-6-5-15-3-1-2-4-16(15)12-24)17-7-20(11-23-8-17)25-13-18-9-22-10-19(18)14-25;5-3(6)1-2-4(7)8/h1-4,7-8,11,18-19,22H,5-6,9-10,12-14H2;1-2H,(H,5,6)(H,7,8)/b;2-1+/t18-,19+;. The first-order chi connectivity index (χ1) is 16.4. The van der Waals surface area contributed by atoms with Crippen molar-refractivity contribution in [3.8, 4) is 0 Å². The van der Waals surface area contributed by atoms with Crippen molar-refractivity contribution in [1.82, 2.24) is 15.2 Å². The Hall–Kier alpha value is -3.72. The Morgan fingerprint density at radius 2 is 1.62 bits per heavy atom. The summed E-state index contributed by atoms with van der Waals surface area (Å²) in [4.78, 5) is 40.9. The van der Waals surface area contributed by atoms with Gasteiger partial charge in [-0.25, -0.2) is 9.59 Å². The second kappa shape index (κ2) is 10.5. The van der Waals surface area contributed by atoms with Gasteiger partial charge in [-0.05, 0) is 35.4 Å². The lowest BCUT2D eigenvalue weighted by Crippen LogP contribution is -2.36. The van der Waals surface area contributed by atoms with Crippen LogP contribution in [-0.2, 0) is 22.6 Å². The molecule has 3 aliphatic rings. The monoisotopic (exact) mass is 464 g/mol. The number of fused-ring (bicyclic) bond motifs is 2. The fraction of sp³-hybridized carbons (Fsp3) is 0.360. The molecule has 2 atom stereocenters. The number of carboxylic acid groups (broad SMARTS) is 2. The van der Waals surface area contributed by atoms with Crippen LogP contribution in [0.5, 0.6) is 0 Å². The third kappa shape index (κ3) is 5.60. The smallest absolute Gasteiger partial charge is 0.328 e. The first kappa shape index (κ1) is 23.4. The van der Waals surface area contributed by atoms with Crippen molar-refractivity contribution in [3.63, 3.8) is 0 Å². The van der Waals surface area contributed by atoms with E-state index >= 15 is 0 Å². The molecular formula is C25H28N4O5. The molecule has 1 aromatic heterocycles. The highest BCUT2D eigenvalue weighted by Gasteiger charge is 2.36. The minimum atomic E-state index is -1.26. The van der Waals surface area contributed by atoms with Gasteiger partial charge in [-0.2, -0.15) is 0 Å². The van der Waals surface area contributed by atoms with E-state index in [1.807, 2.05) is 23.2 Å². The molecule has 3 aliphatic heterocycles. The molecule has 0 radical (unpaired) electrons. The zero-order valence-corrected chi connectivity index (χ0v) is 18.8. The van der Waals surface area contributed by atoms with Crippen LogP contribution in [0.2, 0.25) is 0 Å². The van der Waals surface area contributed by atoms with Gasteiger partial charge in [0.25, 0.3) is 5.91 Å². The van der Waals surface area contributed by atoms with E-state index in [-0.39, 0.29) is 5.91 Å². The molecule has 9 nitrogen and oxygen atoms in total. The van der Waals surface area contributed by atoms with Crippen LogP contribution in [0.15, 0.2) is 54.9 Å². The lowest BCUT2D eigenvalue weighted by Gasteiger charge is -2.29. The fourth-order valence-corrected chi connectivity index (χ4v) is 4.78. The van der Waals surface area contributed by atoms with Crippen LogP contribution in [0, 0.1) is 11.8 Å². The van der Waals surface area contributed by atoms with Gasteiger partial charge in [-0.1, -0.05) is 24.3 Å². The van der Waals surface area contributed by atoms with E-state index in [4.69, 9.17) is 10.2 Å². The molecule has 2 aromatic rings. The number of carbonyl (C=O) groups excluding carboxylic acids is 1. The fourth-order valence-electron chi connectivity index (χ4n) is 4.78. The summed E-state index contributed by atoms with van der Waals surface area (Å²) < 4.78 is 0. The van der Waals surface area contributed by atoms with Gasteiger partial charge in [-0.15, -0.1) is 0 Å². The number of benzene rings is 1. The third-order valence-corrected chi connectivity index (χ3v) is 6.51. The second-order valence-electron chi connectivity index (χ2n) is 8.77. The van der Waals surface area contributed by atoms with Crippen LogP contribution in [0.4, 0.5) is 5.69 Å². The van der Waals surface area contributed by atoms with Crippen molar-refractivity contribution < 1.29 is 24.6 Å². The van der Waals surface area contributed by atoms with Gasteiger partial charge < -0.3 is 25.3 Å². The third-order valence-electron chi connectivity index (χ3n) is 6.51. The van der Waals surface area contributed by atoms with Crippen LogP contribution in [0.3, 0.4) is 0 Å². The van der Waals surface area contributed by atoms with Crippen molar-refractivity contribution in [1.29, 1.82) is 0 Å². The maximum atomic E-state index is 13.0. The molecule has 0 unspecified atom stereocenters. The molecule has 1 aromatic carbocycles. The quantitative estimate of drug-likeness (QED) is 0.584. The molecule has 0 spiro atoms. The van der Waals surface area contributed by atoms with Crippen LogP contribution < -0.4 is 10.2 Å². The Labute approximate surface area is 197 Å². The predicted molar refractivity (Wildman–Crippen MR) is 126 cm³/mol. The minimum Gasteiger partial charge on any atom is -0.478 e. The molecule has 9 heteroatoms. The summed E-state index contributed by atoms with van der Waals surface area (Å²) in [6.07, 6.45) is 5.66. The van der Waals surface area contributed by atoms with Gasteiger partial charge in [0, 0.05) is 57.6 Å². The Balaban J connectivity index is 0.000000297. The summed E-state index contributed by atoms with van der Waals surface area (Å²) in [5, 5.41) is 19.1. The molecule has 5 rings (SSSR count). The van der Waals surface area contributed by atoms with Crippen molar-refractivity contribution >= 4 is 23.5 Å². The van der Waals surface area contributed by atoms with Crippen LogP contribution >= 0.6 is 0 Å². The van der Waals surface area contributed by atoms with Crippen molar-refractivity contribution in [3.05, 3.63) is 71.6 Å². The van der Waals surface area contributed by atoms with Gasteiger partial charge >= 0.3 is 11.9 Å². The number of carboxylic acids is 2. The number of aliphatic carboxylic acids is 2. The molecule has 4 heterocycles. The molecule has 2 saturated heterocycles. The van der Waals surface area contributed by atoms with Crippen LogP contribution in [0.25, 0.3) is 0 Å². The molecule has 34 heavy (non-hydrogen) atoms. The zero-order chi connectivity index (χ0) is 24.1. The lowest BCUT2D eigenvalue weighted by atomic mass is 9.99. The second-order valence-corrected chi connectivity index (χ2v) is 8.77. The predicted octanol–water partition coefficient (Wildman–Crippen LogP) is 1.65. The van der Waals surface area contributed by atoms with E-state index in [2.05, 4.69) is 33.4 Å². The summed E-state index contributed by atoms with van der Waals surface area (Å²) >= 11 is 0. The number of amides is 1. The highest BCUT2D eigenvalue weighted by atomic mass is 16.4. The van der Waals surface area contributed by atoms with E-state index in [0.29, 0.717) is 24.3 Å². The molecule has 3 N–H and O–H groups in total. The summed E-state index contributed by atoms with van der Waals surface area (Å²) in [6, 6.07) is 10.4. The number of nitrogens with zero attached hydrogens (tertiary/aromatic N) is 3. The first-order valence-electron chi connectivity index (χ1n) is 11.3. The summed E-state index contributed by atoms with van der Waals surface area (Å²) in [5.74, 6) is -0.962. The molecule has 178 valence electrons. The maximum Gasteiger partial charge on any atom is 0.328 e. The average Bonchev–Trinajstić information content (AvgIpc) is 3.45. The molecule has 0 aliphatic carbocycles. The Kier molecular flexibility index (Phi) is 7.22. The number of anilines is 1. The van der Waals surface area contributed by atoms with Gasteiger partial charge in [0.05, 0.1) is 17.4 Å². The Morgan fingerprint density at radius 3 is 2.26 bits per heavy atom. The van der Waals surface area contributed by atoms with E-state index < -0.39 is 11.9 Å². The van der Waals surface area contributed by atoms with Crippen molar-refractivity contribution in [2.75, 3.05) is 37.6 Å². The topological polar surface area (TPSA) is 123 Å². The number of aromatic nitrogens is 1. The summed E-state index contributed by atoms with van der Waals surface area (Å²) in [6.45, 7) is 5.82. The first-order valence-corrected chi connectivity index (χ1v) is 11.3. The van der Waals surface area contributed by atoms with Gasteiger partial charge in [-0.3, -0.25) is 9.78 Å². The highest BCUT2D eigenvalue weighted by Crippen LogP contribution is 2.30. The van der Waals surface area contributed by atoms with E-state index in [9.17, 15) is 14.4 Å². The van der Waals surface area contributed by atoms with E-state index in [1.165, 1.54) is 11.1 Å². The number of carbonyl (C=O) groups is 3. The highest BCUT2D eigenvalue weighted by molar-refractivity contribution is 5.95. The van der Waals surface area contributed by atoms with Gasteiger partial charge in [0.15, 0.2) is 0 Å². The minimum absolute atomic E-state index is 0.0925. The Bertz CT molecular complexity index is 1070.